The fourth-order valence-corrected chi connectivity index (χ4v) is 7.48. The van der Waals surface area contributed by atoms with Gasteiger partial charge in [0.25, 0.3) is 5.56 Å². The molecule has 3 N–H and O–H groups in total. The molecule has 2 fully saturated rings. The van der Waals surface area contributed by atoms with Gasteiger partial charge in [-0.15, -0.1) is 0 Å². The Morgan fingerprint density at radius 2 is 1.71 bits per heavy atom. The molecule has 0 saturated carbocycles. The lowest BCUT2D eigenvalue weighted by atomic mass is 9.96. The molecule has 0 unspecified atom stereocenters. The molecule has 0 aliphatic carbocycles. The Labute approximate surface area is 304 Å². The molecule has 2 saturated heterocycles. The van der Waals surface area contributed by atoms with Gasteiger partial charge in [-0.3, -0.25) is 23.7 Å². The van der Waals surface area contributed by atoms with Gasteiger partial charge in [0.15, 0.2) is 0 Å². The standard InChI is InChI=1S/C38H36Cl2N6O5/c1-21-13-23(14-32-42-16-24(37(48)46(21)32)18-45-19-25(20-45)38(49)50)27-5-3-6-28(34(27)39)29-7-4-8-30(35(29)40)31-11-9-22(36(44-31)51-2)15-41-17-26-10-12-33(47)43-26/h3-9,11,13-14,16,25-26,41H,10,12,15,17-20H2,1-2H3,(H,43,47)(H,49,50)/t26-/m1/s1. The van der Waals surface area contributed by atoms with Crippen LogP contribution in [0.1, 0.15) is 29.7 Å². The van der Waals surface area contributed by atoms with Gasteiger partial charge < -0.3 is 20.5 Å². The molecule has 1 atom stereocenters. The second-order valence-electron chi connectivity index (χ2n) is 13.0. The number of ether oxygens (including phenoxy) is 1. The number of aliphatic carboxylic acids is 1. The molecule has 51 heavy (non-hydrogen) atoms. The lowest BCUT2D eigenvalue weighted by Crippen LogP contribution is -2.50. The minimum atomic E-state index is -0.818. The van der Waals surface area contributed by atoms with Gasteiger partial charge in [-0.2, -0.15) is 0 Å². The number of pyridine rings is 2. The Morgan fingerprint density at radius 3 is 2.39 bits per heavy atom. The minimum absolute atomic E-state index is 0.0878. The van der Waals surface area contributed by atoms with E-state index >= 15 is 0 Å². The van der Waals surface area contributed by atoms with E-state index in [0.29, 0.717) is 77.7 Å². The zero-order valence-corrected chi connectivity index (χ0v) is 29.6. The van der Waals surface area contributed by atoms with Crippen LogP contribution in [0.3, 0.4) is 0 Å². The summed E-state index contributed by atoms with van der Waals surface area (Å²) in [4.78, 5) is 47.5. The average molecular weight is 728 g/mol. The summed E-state index contributed by atoms with van der Waals surface area (Å²) in [6, 6.07) is 19.2. The van der Waals surface area contributed by atoms with E-state index in [0.717, 1.165) is 39.8 Å². The van der Waals surface area contributed by atoms with Crippen molar-refractivity contribution >= 4 is 40.7 Å². The number of benzene rings is 2. The fourth-order valence-electron chi connectivity index (χ4n) is 6.82. The van der Waals surface area contributed by atoms with Crippen molar-refractivity contribution in [2.45, 2.75) is 38.9 Å². The van der Waals surface area contributed by atoms with Crippen molar-refractivity contribution in [3.8, 4) is 39.4 Å². The molecule has 5 heterocycles. The summed E-state index contributed by atoms with van der Waals surface area (Å²) in [7, 11) is 1.58. The first-order valence-corrected chi connectivity index (χ1v) is 17.5. The number of carboxylic acids is 1. The largest absolute Gasteiger partial charge is 0.481 e. The molecule has 1 amide bonds. The van der Waals surface area contributed by atoms with Crippen molar-refractivity contribution in [3.63, 3.8) is 0 Å². The summed E-state index contributed by atoms with van der Waals surface area (Å²) in [6.45, 7) is 4.22. The number of hydrogen-bond acceptors (Lipinski definition) is 8. The molecular weight excluding hydrogens is 691 g/mol. The molecule has 2 aliphatic rings. The van der Waals surface area contributed by atoms with E-state index in [1.807, 2.05) is 72.5 Å². The van der Waals surface area contributed by atoms with Crippen LogP contribution in [0.4, 0.5) is 0 Å². The van der Waals surface area contributed by atoms with Crippen molar-refractivity contribution < 1.29 is 19.4 Å². The Kier molecular flexibility index (Phi) is 9.80. The number of carboxylic acid groups (broad SMARTS) is 1. The summed E-state index contributed by atoms with van der Waals surface area (Å²) in [5.41, 5.74) is 6.79. The van der Waals surface area contributed by atoms with Gasteiger partial charge in [-0.05, 0) is 37.1 Å². The molecule has 2 aliphatic heterocycles. The van der Waals surface area contributed by atoms with Crippen molar-refractivity contribution in [1.29, 1.82) is 0 Å². The molecular formula is C38H36Cl2N6O5. The van der Waals surface area contributed by atoms with Gasteiger partial charge in [-0.25, -0.2) is 9.97 Å². The average Bonchev–Trinajstić information content (AvgIpc) is 3.51. The predicted molar refractivity (Wildman–Crippen MR) is 196 cm³/mol. The first-order valence-electron chi connectivity index (χ1n) is 16.7. The van der Waals surface area contributed by atoms with E-state index in [1.54, 1.807) is 17.7 Å². The monoisotopic (exact) mass is 726 g/mol. The highest BCUT2D eigenvalue weighted by atomic mass is 35.5. The predicted octanol–water partition coefficient (Wildman–Crippen LogP) is 5.60. The van der Waals surface area contributed by atoms with Crippen molar-refractivity contribution in [2.75, 3.05) is 26.7 Å². The molecule has 0 spiro atoms. The van der Waals surface area contributed by atoms with E-state index in [4.69, 9.17) is 32.9 Å². The third kappa shape index (κ3) is 6.94. The lowest BCUT2D eigenvalue weighted by Gasteiger charge is -2.36. The van der Waals surface area contributed by atoms with Crippen LogP contribution in [-0.2, 0) is 22.7 Å². The van der Waals surface area contributed by atoms with Crippen LogP contribution in [0, 0.1) is 12.8 Å². The first-order chi connectivity index (χ1) is 24.6. The topological polar surface area (TPSA) is 138 Å². The summed E-state index contributed by atoms with van der Waals surface area (Å²) >= 11 is 14.2. The Morgan fingerprint density at radius 1 is 1.00 bits per heavy atom. The van der Waals surface area contributed by atoms with E-state index in [-0.39, 0.29) is 17.5 Å². The van der Waals surface area contributed by atoms with Gasteiger partial charge in [0.1, 0.15) is 5.65 Å². The number of halogens is 2. The van der Waals surface area contributed by atoms with Crippen LogP contribution in [0.15, 0.2) is 71.7 Å². The Bertz CT molecular complexity index is 2240. The van der Waals surface area contributed by atoms with Gasteiger partial charge in [0.05, 0.1) is 34.3 Å². The molecule has 262 valence electrons. The van der Waals surface area contributed by atoms with E-state index in [1.165, 1.54) is 0 Å². The fraction of sp³-hybridized carbons (Fsp3) is 0.289. The number of nitrogens with zero attached hydrogens (tertiary/aromatic N) is 4. The van der Waals surface area contributed by atoms with Crippen LogP contribution >= 0.6 is 23.2 Å². The minimum Gasteiger partial charge on any atom is -0.481 e. The number of aryl methyl sites for hydroxylation is 1. The SMILES string of the molecule is COc1nc(-c2cccc(-c3cccc(-c4cc(C)n5c(=O)c(CN6CC(C(=O)O)C6)cnc5c4)c3Cl)c2Cl)ccc1CNC[C@H]1CCC(=O)N1. The quantitative estimate of drug-likeness (QED) is 0.159. The van der Waals surface area contributed by atoms with Crippen LogP contribution < -0.4 is 20.9 Å². The number of nitrogens with one attached hydrogen (secondary N) is 2. The van der Waals surface area contributed by atoms with Crippen LogP contribution in [0.2, 0.25) is 10.0 Å². The summed E-state index contributed by atoms with van der Waals surface area (Å²) in [6.07, 6.45) is 2.95. The van der Waals surface area contributed by atoms with E-state index in [2.05, 4.69) is 15.6 Å². The molecule has 0 radical (unpaired) electrons. The zero-order valence-electron chi connectivity index (χ0n) is 28.1. The van der Waals surface area contributed by atoms with Gasteiger partial charge in [0.2, 0.25) is 11.8 Å². The second-order valence-corrected chi connectivity index (χ2v) is 13.8. The second kappa shape index (κ2) is 14.4. The molecule has 7 rings (SSSR count). The number of likely N-dealkylation sites (tertiary alicyclic amines) is 1. The van der Waals surface area contributed by atoms with Crippen molar-refractivity contribution in [1.82, 2.24) is 29.9 Å². The molecule has 13 heteroatoms. The first kappa shape index (κ1) is 34.6. The number of methoxy groups -OCH3 is 1. The maximum Gasteiger partial charge on any atom is 0.309 e. The molecule has 2 aromatic carbocycles. The summed E-state index contributed by atoms with van der Waals surface area (Å²) in [5.74, 6) is -0.648. The van der Waals surface area contributed by atoms with Crippen LogP contribution in [0.5, 0.6) is 5.88 Å². The number of amides is 1. The van der Waals surface area contributed by atoms with E-state index in [9.17, 15) is 19.5 Å². The summed E-state index contributed by atoms with van der Waals surface area (Å²) < 4.78 is 7.22. The molecule has 5 aromatic rings. The normalized spacial score (nSPS) is 16.3. The number of fused-ring (bicyclic) bond motifs is 1. The maximum atomic E-state index is 13.5. The lowest BCUT2D eigenvalue weighted by molar-refractivity contribution is -0.147. The zero-order chi connectivity index (χ0) is 35.8. The highest BCUT2D eigenvalue weighted by Gasteiger charge is 2.33. The summed E-state index contributed by atoms with van der Waals surface area (Å²) in [5, 5.41) is 16.5. The Hall–Kier alpha value is -4.81. The third-order valence-corrected chi connectivity index (χ3v) is 10.4. The number of aromatic nitrogens is 3. The molecule has 11 nitrogen and oxygen atoms in total. The third-order valence-electron chi connectivity index (χ3n) is 9.56. The van der Waals surface area contributed by atoms with Crippen LogP contribution in [0.25, 0.3) is 39.2 Å². The van der Waals surface area contributed by atoms with Gasteiger partial charge in [0, 0.05) is 84.9 Å². The smallest absolute Gasteiger partial charge is 0.309 e. The van der Waals surface area contributed by atoms with Crippen molar-refractivity contribution in [3.05, 3.63) is 104 Å². The van der Waals surface area contributed by atoms with Gasteiger partial charge in [-0.1, -0.05) is 65.7 Å². The van der Waals surface area contributed by atoms with Crippen LogP contribution in [-0.4, -0.2) is 69.0 Å². The number of hydrogen-bond donors (Lipinski definition) is 3. The highest BCUT2D eigenvalue weighted by molar-refractivity contribution is 6.39. The van der Waals surface area contributed by atoms with Crippen molar-refractivity contribution in [2.24, 2.45) is 5.92 Å². The molecule has 0 bridgehead atoms. The highest BCUT2D eigenvalue weighted by Crippen LogP contribution is 2.42. The number of carbonyl (C=O) groups is 2. The number of rotatable bonds is 11. The van der Waals surface area contributed by atoms with E-state index < -0.39 is 11.9 Å². The molecule has 3 aromatic heterocycles. The number of carbonyl (C=O) groups excluding carboxylic acids is 1. The maximum absolute atomic E-state index is 13.5. The van der Waals surface area contributed by atoms with Gasteiger partial charge >= 0.3 is 5.97 Å². The Balaban J connectivity index is 1.14.